The Morgan fingerprint density at radius 1 is 1.08 bits per heavy atom. The van der Waals surface area contributed by atoms with Crippen LogP contribution < -0.4 is 10.6 Å². The van der Waals surface area contributed by atoms with Crippen molar-refractivity contribution >= 4 is 30.3 Å². The SMILES string of the molecule is CC1CN(CCC(=O)O)C(NC(=O)COC2CCNCC2)(C(=O)OCc2ccccc2)c2ccccc21.Cl. The van der Waals surface area contributed by atoms with Crippen molar-refractivity contribution in [1.82, 2.24) is 15.5 Å². The lowest BCUT2D eigenvalue weighted by molar-refractivity contribution is -0.169. The number of esters is 1. The average Bonchev–Trinajstić information content (AvgIpc) is 2.92. The minimum Gasteiger partial charge on any atom is -0.481 e. The summed E-state index contributed by atoms with van der Waals surface area (Å²) in [5.41, 5.74) is 0.626. The lowest BCUT2D eigenvalue weighted by atomic mass is 9.81. The van der Waals surface area contributed by atoms with Crippen molar-refractivity contribution in [3.63, 3.8) is 0 Å². The van der Waals surface area contributed by atoms with Crippen LogP contribution >= 0.6 is 12.4 Å². The van der Waals surface area contributed by atoms with Gasteiger partial charge in [-0.15, -0.1) is 12.4 Å². The summed E-state index contributed by atoms with van der Waals surface area (Å²) in [5, 5.41) is 15.6. The van der Waals surface area contributed by atoms with Crippen LogP contribution in [-0.2, 0) is 36.1 Å². The lowest BCUT2D eigenvalue weighted by Gasteiger charge is -2.48. The van der Waals surface area contributed by atoms with Crippen molar-refractivity contribution in [2.45, 2.75) is 50.5 Å². The maximum absolute atomic E-state index is 14.0. The second-order valence-electron chi connectivity index (χ2n) is 9.66. The number of carbonyl (C=O) groups excluding carboxylic acids is 2. The molecular formula is C28H36ClN3O6. The molecule has 38 heavy (non-hydrogen) atoms. The highest BCUT2D eigenvalue weighted by molar-refractivity contribution is 5.90. The lowest BCUT2D eigenvalue weighted by Crippen LogP contribution is -2.66. The number of piperidine rings is 1. The van der Waals surface area contributed by atoms with Gasteiger partial charge in [0.05, 0.1) is 12.5 Å². The minimum atomic E-state index is -1.68. The summed E-state index contributed by atoms with van der Waals surface area (Å²) in [7, 11) is 0. The molecule has 2 aliphatic rings. The molecule has 1 fully saturated rings. The number of carboxylic acids is 1. The van der Waals surface area contributed by atoms with Crippen molar-refractivity contribution < 1.29 is 29.0 Å². The van der Waals surface area contributed by atoms with Gasteiger partial charge < -0.3 is 25.2 Å². The van der Waals surface area contributed by atoms with Crippen LogP contribution in [0.2, 0.25) is 0 Å². The van der Waals surface area contributed by atoms with Crippen LogP contribution in [0, 0.1) is 0 Å². The number of aliphatic carboxylic acids is 1. The van der Waals surface area contributed by atoms with E-state index in [0.29, 0.717) is 12.1 Å². The molecule has 0 aromatic heterocycles. The molecule has 2 heterocycles. The molecule has 0 bridgehead atoms. The summed E-state index contributed by atoms with van der Waals surface area (Å²) >= 11 is 0. The van der Waals surface area contributed by atoms with E-state index in [2.05, 4.69) is 10.6 Å². The topological polar surface area (TPSA) is 117 Å². The molecule has 9 nitrogen and oxygen atoms in total. The summed E-state index contributed by atoms with van der Waals surface area (Å²) in [6.45, 7) is 3.93. The maximum Gasteiger partial charge on any atom is 0.352 e. The number of hydrogen-bond acceptors (Lipinski definition) is 7. The standard InChI is InChI=1S/C28H35N3O6.ClH/c1-20-17-31(16-13-26(33)34)28(24-10-6-5-9-23(20)24,27(35)37-18-21-7-3-2-4-8-21)30-25(32)19-36-22-11-14-29-15-12-22;/h2-10,20,22,29H,11-19H2,1H3,(H,30,32)(H,33,34);1H. The van der Waals surface area contributed by atoms with Gasteiger partial charge >= 0.3 is 11.9 Å². The van der Waals surface area contributed by atoms with Gasteiger partial charge in [0.2, 0.25) is 11.6 Å². The van der Waals surface area contributed by atoms with Crippen molar-refractivity contribution in [2.24, 2.45) is 0 Å². The number of ether oxygens (including phenoxy) is 2. The van der Waals surface area contributed by atoms with Crippen LogP contribution in [0.15, 0.2) is 54.6 Å². The fourth-order valence-electron chi connectivity index (χ4n) is 5.14. The summed E-state index contributed by atoms with van der Waals surface area (Å²) in [4.78, 5) is 40.5. The van der Waals surface area contributed by atoms with E-state index < -0.39 is 23.5 Å². The molecule has 3 N–H and O–H groups in total. The third-order valence-corrected chi connectivity index (χ3v) is 7.01. The first-order chi connectivity index (χ1) is 17.9. The maximum atomic E-state index is 14.0. The van der Waals surface area contributed by atoms with Gasteiger partial charge in [0.15, 0.2) is 0 Å². The number of rotatable bonds is 10. The third-order valence-electron chi connectivity index (χ3n) is 7.01. The largest absolute Gasteiger partial charge is 0.481 e. The number of amides is 1. The Hall–Kier alpha value is -2.98. The number of carbonyl (C=O) groups is 3. The summed E-state index contributed by atoms with van der Waals surface area (Å²) in [5.74, 6) is -2.09. The first kappa shape index (κ1) is 29.6. The molecule has 2 aliphatic heterocycles. The van der Waals surface area contributed by atoms with Crippen molar-refractivity contribution in [2.75, 3.05) is 32.8 Å². The summed E-state index contributed by atoms with van der Waals surface area (Å²) in [6.07, 6.45) is 1.39. The molecule has 1 saturated heterocycles. The average molecular weight is 546 g/mol. The number of carboxylic acid groups (broad SMARTS) is 1. The van der Waals surface area contributed by atoms with E-state index in [4.69, 9.17) is 9.47 Å². The molecule has 0 saturated carbocycles. The molecule has 1 amide bonds. The number of benzene rings is 2. The Morgan fingerprint density at radius 2 is 1.76 bits per heavy atom. The number of fused-ring (bicyclic) bond motifs is 1. The van der Waals surface area contributed by atoms with E-state index in [1.165, 1.54) is 0 Å². The zero-order valence-electron chi connectivity index (χ0n) is 21.6. The van der Waals surface area contributed by atoms with Gasteiger partial charge in [-0.1, -0.05) is 61.5 Å². The van der Waals surface area contributed by atoms with Gasteiger partial charge in [-0.05, 0) is 43.0 Å². The Labute approximate surface area is 229 Å². The number of hydrogen-bond donors (Lipinski definition) is 3. The van der Waals surface area contributed by atoms with Crippen LogP contribution in [0.5, 0.6) is 0 Å². The van der Waals surface area contributed by atoms with Crippen molar-refractivity contribution in [1.29, 1.82) is 0 Å². The van der Waals surface area contributed by atoms with Crippen molar-refractivity contribution in [3.8, 4) is 0 Å². The molecule has 2 aromatic carbocycles. The van der Waals surface area contributed by atoms with Gasteiger partial charge in [0.1, 0.15) is 13.2 Å². The van der Waals surface area contributed by atoms with E-state index in [-0.39, 0.29) is 50.6 Å². The molecule has 2 unspecified atom stereocenters. The predicted molar refractivity (Wildman–Crippen MR) is 144 cm³/mol. The molecule has 2 aromatic rings. The second-order valence-corrected chi connectivity index (χ2v) is 9.66. The zero-order chi connectivity index (χ0) is 26.3. The van der Waals surface area contributed by atoms with E-state index in [1.807, 2.05) is 55.5 Å². The number of nitrogens with one attached hydrogen (secondary N) is 2. The predicted octanol–water partition coefficient (Wildman–Crippen LogP) is 2.78. The Kier molecular flexibility index (Phi) is 10.7. The highest BCUT2D eigenvalue weighted by atomic mass is 35.5. The van der Waals surface area contributed by atoms with E-state index in [0.717, 1.165) is 37.1 Å². The third kappa shape index (κ3) is 6.91. The normalized spacial score (nSPS) is 21.6. The monoisotopic (exact) mass is 545 g/mol. The zero-order valence-corrected chi connectivity index (χ0v) is 22.4. The van der Waals surface area contributed by atoms with Gasteiger partial charge in [0, 0.05) is 18.7 Å². The van der Waals surface area contributed by atoms with E-state index in [9.17, 15) is 19.5 Å². The Bertz CT molecular complexity index is 1100. The van der Waals surface area contributed by atoms with Gasteiger partial charge in [-0.25, -0.2) is 4.79 Å². The second kappa shape index (κ2) is 13.7. The molecule has 10 heteroatoms. The Balaban J connectivity index is 0.00000400. The number of halogens is 1. The summed E-state index contributed by atoms with van der Waals surface area (Å²) in [6, 6.07) is 16.7. The molecule has 0 aliphatic carbocycles. The molecule has 206 valence electrons. The highest BCUT2D eigenvalue weighted by Gasteiger charge is 2.53. The van der Waals surface area contributed by atoms with Gasteiger partial charge in [0.25, 0.3) is 0 Å². The molecular weight excluding hydrogens is 510 g/mol. The Morgan fingerprint density at radius 3 is 2.47 bits per heavy atom. The smallest absolute Gasteiger partial charge is 0.352 e. The fourth-order valence-corrected chi connectivity index (χ4v) is 5.14. The van der Waals surface area contributed by atoms with Crippen LogP contribution in [0.25, 0.3) is 0 Å². The van der Waals surface area contributed by atoms with Crippen LogP contribution in [0.4, 0.5) is 0 Å². The minimum absolute atomic E-state index is 0. The highest BCUT2D eigenvalue weighted by Crippen LogP contribution is 2.40. The van der Waals surface area contributed by atoms with Crippen LogP contribution in [0.3, 0.4) is 0 Å². The van der Waals surface area contributed by atoms with E-state index in [1.54, 1.807) is 11.0 Å². The van der Waals surface area contributed by atoms with Crippen LogP contribution in [0.1, 0.15) is 48.8 Å². The quantitative estimate of drug-likeness (QED) is 0.390. The van der Waals surface area contributed by atoms with Crippen LogP contribution in [-0.4, -0.2) is 66.7 Å². The molecule has 0 radical (unpaired) electrons. The first-order valence-electron chi connectivity index (χ1n) is 12.8. The fraction of sp³-hybridized carbons (Fsp3) is 0.464. The summed E-state index contributed by atoms with van der Waals surface area (Å²) < 4.78 is 11.7. The van der Waals surface area contributed by atoms with Gasteiger partial charge in [-0.3, -0.25) is 14.5 Å². The first-order valence-corrected chi connectivity index (χ1v) is 12.8. The van der Waals surface area contributed by atoms with Crippen molar-refractivity contribution in [3.05, 3.63) is 71.3 Å². The molecule has 0 spiro atoms. The van der Waals surface area contributed by atoms with Gasteiger partial charge in [-0.2, -0.15) is 0 Å². The molecule has 4 rings (SSSR count). The molecule has 2 atom stereocenters. The van der Waals surface area contributed by atoms with E-state index >= 15 is 0 Å². The number of nitrogens with zero attached hydrogens (tertiary/aromatic N) is 1.